The van der Waals surface area contributed by atoms with Crippen molar-refractivity contribution in [1.29, 1.82) is 0 Å². The lowest BCUT2D eigenvalue weighted by Crippen LogP contribution is -2.54. The van der Waals surface area contributed by atoms with E-state index in [2.05, 4.69) is 0 Å². The quantitative estimate of drug-likeness (QED) is 0.800. The molecule has 0 aromatic heterocycles. The van der Waals surface area contributed by atoms with E-state index < -0.39 is 11.5 Å². The Morgan fingerprint density at radius 3 is 2.62 bits per heavy atom. The van der Waals surface area contributed by atoms with Crippen LogP contribution in [0.2, 0.25) is 0 Å². The number of nitrogens with two attached hydrogens (primary N) is 1. The molecule has 1 fully saturated rings. The lowest BCUT2D eigenvalue weighted by molar-refractivity contribution is -0.145. The Kier molecular flexibility index (Phi) is 2.97. The zero-order valence-corrected chi connectivity index (χ0v) is 9.23. The van der Waals surface area contributed by atoms with Crippen LogP contribution in [0.5, 0.6) is 0 Å². The molecule has 1 aromatic carbocycles. The van der Waals surface area contributed by atoms with E-state index in [1.165, 1.54) is 0 Å². The second kappa shape index (κ2) is 4.26. The molecule has 0 bridgehead atoms. The summed E-state index contributed by atoms with van der Waals surface area (Å²) in [6, 6.07) is 9.75. The lowest BCUT2D eigenvalue weighted by atomic mass is 9.70. The first-order valence-electron chi connectivity index (χ1n) is 5.72. The number of hydrogen-bond acceptors (Lipinski definition) is 2. The number of hydrogen-bond donors (Lipinski definition) is 2. The van der Waals surface area contributed by atoms with E-state index in [0.29, 0.717) is 6.42 Å². The van der Waals surface area contributed by atoms with Gasteiger partial charge in [-0.2, -0.15) is 0 Å². The molecule has 0 unspecified atom stereocenters. The molecule has 3 nitrogen and oxygen atoms in total. The SMILES string of the molecule is N[C@]1(C(=O)O)CCCC[C@H]1c1ccccc1. The van der Waals surface area contributed by atoms with Gasteiger partial charge in [0.1, 0.15) is 5.54 Å². The van der Waals surface area contributed by atoms with E-state index in [4.69, 9.17) is 5.73 Å². The Hall–Kier alpha value is -1.35. The average molecular weight is 219 g/mol. The van der Waals surface area contributed by atoms with Gasteiger partial charge in [0.15, 0.2) is 0 Å². The predicted octanol–water partition coefficient (Wildman–Crippen LogP) is 2.13. The Bertz CT molecular complexity index is 377. The van der Waals surface area contributed by atoms with Crippen LogP contribution in [0.25, 0.3) is 0 Å². The van der Waals surface area contributed by atoms with Gasteiger partial charge in [-0.15, -0.1) is 0 Å². The highest BCUT2D eigenvalue weighted by molar-refractivity contribution is 5.80. The van der Waals surface area contributed by atoms with Gasteiger partial charge in [-0.1, -0.05) is 43.2 Å². The third-order valence-electron chi connectivity index (χ3n) is 3.56. The van der Waals surface area contributed by atoms with Gasteiger partial charge in [0.05, 0.1) is 0 Å². The van der Waals surface area contributed by atoms with Crippen LogP contribution in [-0.2, 0) is 4.79 Å². The molecule has 3 N–H and O–H groups in total. The van der Waals surface area contributed by atoms with Crippen LogP contribution >= 0.6 is 0 Å². The van der Waals surface area contributed by atoms with E-state index in [-0.39, 0.29) is 5.92 Å². The van der Waals surface area contributed by atoms with Crippen molar-refractivity contribution in [3.8, 4) is 0 Å². The highest BCUT2D eigenvalue weighted by atomic mass is 16.4. The van der Waals surface area contributed by atoms with Gasteiger partial charge < -0.3 is 10.8 Å². The van der Waals surface area contributed by atoms with Crippen molar-refractivity contribution >= 4 is 5.97 Å². The van der Waals surface area contributed by atoms with Gasteiger partial charge in [-0.3, -0.25) is 4.79 Å². The van der Waals surface area contributed by atoms with Crippen LogP contribution < -0.4 is 5.73 Å². The fourth-order valence-corrected chi connectivity index (χ4v) is 2.60. The molecule has 1 aliphatic rings. The van der Waals surface area contributed by atoms with E-state index >= 15 is 0 Å². The number of carboxylic acids is 1. The minimum absolute atomic E-state index is 0.0556. The predicted molar refractivity (Wildman–Crippen MR) is 62.2 cm³/mol. The number of benzene rings is 1. The summed E-state index contributed by atoms with van der Waals surface area (Å²) < 4.78 is 0. The minimum atomic E-state index is -1.08. The van der Waals surface area contributed by atoms with Crippen LogP contribution in [-0.4, -0.2) is 16.6 Å². The number of carboxylic acid groups (broad SMARTS) is 1. The maximum atomic E-state index is 11.3. The molecule has 1 saturated carbocycles. The van der Waals surface area contributed by atoms with Crippen LogP contribution in [0.15, 0.2) is 30.3 Å². The molecule has 1 aromatic rings. The highest BCUT2D eigenvalue weighted by Gasteiger charge is 2.44. The molecule has 16 heavy (non-hydrogen) atoms. The molecule has 2 rings (SSSR count). The van der Waals surface area contributed by atoms with Gasteiger partial charge in [0.2, 0.25) is 0 Å². The van der Waals surface area contributed by atoms with Crippen molar-refractivity contribution in [3.63, 3.8) is 0 Å². The molecule has 1 aliphatic carbocycles. The van der Waals surface area contributed by atoms with E-state index in [0.717, 1.165) is 24.8 Å². The molecule has 0 amide bonds. The van der Waals surface area contributed by atoms with Crippen LogP contribution in [0.4, 0.5) is 0 Å². The third kappa shape index (κ3) is 1.83. The summed E-state index contributed by atoms with van der Waals surface area (Å²) in [6.45, 7) is 0. The van der Waals surface area contributed by atoms with E-state index in [1.807, 2.05) is 30.3 Å². The van der Waals surface area contributed by atoms with Gasteiger partial charge >= 0.3 is 5.97 Å². The first-order valence-corrected chi connectivity index (χ1v) is 5.72. The molecule has 2 atom stereocenters. The van der Waals surface area contributed by atoms with Crippen molar-refractivity contribution in [2.75, 3.05) is 0 Å². The number of rotatable bonds is 2. The molecule has 0 saturated heterocycles. The summed E-state index contributed by atoms with van der Waals surface area (Å²) in [7, 11) is 0. The fraction of sp³-hybridized carbons (Fsp3) is 0.462. The molecular weight excluding hydrogens is 202 g/mol. The number of aliphatic carboxylic acids is 1. The topological polar surface area (TPSA) is 63.3 Å². The Balaban J connectivity index is 2.34. The zero-order chi connectivity index (χ0) is 11.6. The first-order chi connectivity index (χ1) is 7.64. The summed E-state index contributed by atoms with van der Waals surface area (Å²) in [5.74, 6) is -0.930. The standard InChI is InChI=1S/C13H17NO2/c14-13(12(15)16)9-5-4-8-11(13)10-6-2-1-3-7-10/h1-3,6-7,11H,4-5,8-9,14H2,(H,15,16)/t11-,13+/m0/s1. The lowest BCUT2D eigenvalue weighted by Gasteiger charge is -2.38. The van der Waals surface area contributed by atoms with Gasteiger partial charge in [0.25, 0.3) is 0 Å². The zero-order valence-electron chi connectivity index (χ0n) is 9.23. The molecule has 3 heteroatoms. The second-order valence-electron chi connectivity index (χ2n) is 4.55. The van der Waals surface area contributed by atoms with Crippen molar-refractivity contribution in [3.05, 3.63) is 35.9 Å². The maximum Gasteiger partial charge on any atom is 0.324 e. The second-order valence-corrected chi connectivity index (χ2v) is 4.55. The van der Waals surface area contributed by atoms with Crippen LogP contribution in [0.1, 0.15) is 37.2 Å². The molecule has 0 radical (unpaired) electrons. The van der Waals surface area contributed by atoms with Crippen LogP contribution in [0, 0.1) is 0 Å². The fourth-order valence-electron chi connectivity index (χ4n) is 2.60. The first kappa shape index (κ1) is 11.1. The summed E-state index contributed by atoms with van der Waals surface area (Å²) in [6.07, 6.45) is 3.41. The summed E-state index contributed by atoms with van der Waals surface area (Å²) >= 11 is 0. The smallest absolute Gasteiger partial charge is 0.324 e. The van der Waals surface area contributed by atoms with E-state index in [1.54, 1.807) is 0 Å². The number of carbonyl (C=O) groups is 1. The molecule has 0 spiro atoms. The molecule has 0 heterocycles. The Morgan fingerprint density at radius 2 is 2.00 bits per heavy atom. The highest BCUT2D eigenvalue weighted by Crippen LogP contribution is 2.39. The van der Waals surface area contributed by atoms with Crippen molar-refractivity contribution in [2.24, 2.45) is 5.73 Å². The summed E-state index contributed by atoms with van der Waals surface area (Å²) in [5, 5.41) is 9.30. The van der Waals surface area contributed by atoms with Gasteiger partial charge in [-0.05, 0) is 18.4 Å². The average Bonchev–Trinajstić information content (AvgIpc) is 2.30. The van der Waals surface area contributed by atoms with Crippen molar-refractivity contribution in [1.82, 2.24) is 0 Å². The van der Waals surface area contributed by atoms with Crippen molar-refractivity contribution < 1.29 is 9.90 Å². The maximum absolute atomic E-state index is 11.3. The molecule has 0 aliphatic heterocycles. The summed E-state index contributed by atoms with van der Waals surface area (Å²) in [4.78, 5) is 11.3. The minimum Gasteiger partial charge on any atom is -0.480 e. The normalized spacial score (nSPS) is 29.9. The monoisotopic (exact) mass is 219 g/mol. The molecule has 86 valence electrons. The summed E-state index contributed by atoms with van der Waals surface area (Å²) in [5.41, 5.74) is 6.04. The van der Waals surface area contributed by atoms with E-state index in [9.17, 15) is 9.90 Å². The Labute approximate surface area is 95.3 Å². The van der Waals surface area contributed by atoms with Gasteiger partial charge in [-0.25, -0.2) is 0 Å². The largest absolute Gasteiger partial charge is 0.480 e. The van der Waals surface area contributed by atoms with Gasteiger partial charge in [0, 0.05) is 5.92 Å². The molecular formula is C13H17NO2. The van der Waals surface area contributed by atoms with Crippen molar-refractivity contribution in [2.45, 2.75) is 37.1 Å². The third-order valence-corrected chi connectivity index (χ3v) is 3.56. The Morgan fingerprint density at radius 1 is 1.31 bits per heavy atom. The van der Waals surface area contributed by atoms with Crippen LogP contribution in [0.3, 0.4) is 0 Å².